The third-order valence-corrected chi connectivity index (χ3v) is 3.20. The standard InChI is InChI=1S/C15H18N4O4/c1-9-11(8-16-15(17-9)19(2)3)13(20)18-12(14(21)22)7-10-5-4-6-23-10/h4-6,8,12H,7H2,1-3H3,(H,18,20)(H,21,22). The van der Waals surface area contributed by atoms with E-state index >= 15 is 0 Å². The van der Waals surface area contributed by atoms with Gasteiger partial charge in [0.15, 0.2) is 0 Å². The minimum absolute atomic E-state index is 0.0593. The van der Waals surface area contributed by atoms with E-state index in [0.717, 1.165) is 0 Å². The second-order valence-electron chi connectivity index (χ2n) is 5.21. The van der Waals surface area contributed by atoms with Crippen LogP contribution in [-0.2, 0) is 11.2 Å². The van der Waals surface area contributed by atoms with Crippen LogP contribution in [0.5, 0.6) is 0 Å². The summed E-state index contributed by atoms with van der Waals surface area (Å²) in [5, 5.41) is 11.7. The lowest BCUT2D eigenvalue weighted by atomic mass is 10.1. The molecule has 0 saturated heterocycles. The molecule has 2 rings (SSSR count). The van der Waals surface area contributed by atoms with E-state index in [2.05, 4.69) is 15.3 Å². The zero-order valence-corrected chi connectivity index (χ0v) is 13.1. The van der Waals surface area contributed by atoms with Crippen LogP contribution in [-0.4, -0.2) is 47.1 Å². The number of anilines is 1. The van der Waals surface area contributed by atoms with Gasteiger partial charge in [-0.15, -0.1) is 0 Å². The first-order valence-electron chi connectivity index (χ1n) is 6.95. The van der Waals surface area contributed by atoms with E-state index in [1.54, 1.807) is 38.1 Å². The fourth-order valence-electron chi connectivity index (χ4n) is 1.96. The maximum absolute atomic E-state index is 12.3. The predicted octanol–water partition coefficient (Wildman–Crippen LogP) is 0.870. The number of amides is 1. The fraction of sp³-hybridized carbons (Fsp3) is 0.333. The van der Waals surface area contributed by atoms with Crippen LogP contribution in [0.2, 0.25) is 0 Å². The summed E-state index contributed by atoms with van der Waals surface area (Å²) in [6.07, 6.45) is 2.90. The van der Waals surface area contributed by atoms with E-state index in [9.17, 15) is 14.7 Å². The number of nitrogens with one attached hydrogen (secondary N) is 1. The van der Waals surface area contributed by atoms with Gasteiger partial charge >= 0.3 is 5.97 Å². The van der Waals surface area contributed by atoms with Crippen molar-refractivity contribution in [3.8, 4) is 0 Å². The van der Waals surface area contributed by atoms with Gasteiger partial charge in [0.05, 0.1) is 17.5 Å². The van der Waals surface area contributed by atoms with Crippen molar-refractivity contribution >= 4 is 17.8 Å². The Labute approximate surface area is 133 Å². The Morgan fingerprint density at radius 3 is 2.70 bits per heavy atom. The van der Waals surface area contributed by atoms with Crippen LogP contribution in [0.25, 0.3) is 0 Å². The van der Waals surface area contributed by atoms with Crippen LogP contribution in [0.4, 0.5) is 5.95 Å². The molecule has 1 unspecified atom stereocenters. The van der Waals surface area contributed by atoms with Gasteiger partial charge in [-0.2, -0.15) is 0 Å². The molecule has 122 valence electrons. The third kappa shape index (κ3) is 4.06. The molecule has 23 heavy (non-hydrogen) atoms. The number of hydrogen-bond acceptors (Lipinski definition) is 6. The first-order valence-corrected chi connectivity index (χ1v) is 6.95. The molecule has 2 aromatic heterocycles. The molecule has 0 saturated carbocycles. The first kappa shape index (κ1) is 16.5. The van der Waals surface area contributed by atoms with Crippen molar-refractivity contribution in [1.82, 2.24) is 15.3 Å². The second-order valence-corrected chi connectivity index (χ2v) is 5.21. The molecule has 0 aliphatic heterocycles. The molecule has 2 aromatic rings. The normalized spacial score (nSPS) is 11.8. The number of aromatic nitrogens is 2. The molecule has 0 aliphatic rings. The maximum Gasteiger partial charge on any atom is 0.326 e. The van der Waals surface area contributed by atoms with Gasteiger partial charge in [0, 0.05) is 26.7 Å². The van der Waals surface area contributed by atoms with Crippen molar-refractivity contribution in [2.45, 2.75) is 19.4 Å². The van der Waals surface area contributed by atoms with Crippen molar-refractivity contribution in [2.24, 2.45) is 0 Å². The largest absolute Gasteiger partial charge is 0.480 e. The van der Waals surface area contributed by atoms with Crippen molar-refractivity contribution in [2.75, 3.05) is 19.0 Å². The van der Waals surface area contributed by atoms with E-state index < -0.39 is 17.9 Å². The molecule has 0 aromatic carbocycles. The highest BCUT2D eigenvalue weighted by atomic mass is 16.4. The van der Waals surface area contributed by atoms with Crippen molar-refractivity contribution in [1.29, 1.82) is 0 Å². The van der Waals surface area contributed by atoms with E-state index in [0.29, 0.717) is 17.4 Å². The molecule has 0 fully saturated rings. The number of furan rings is 1. The number of carbonyl (C=O) groups excluding carboxylic acids is 1. The molecule has 0 spiro atoms. The lowest BCUT2D eigenvalue weighted by Gasteiger charge is -2.15. The Kier molecular flexibility index (Phi) is 4.95. The number of carbonyl (C=O) groups is 2. The molecular formula is C15H18N4O4. The monoisotopic (exact) mass is 318 g/mol. The summed E-state index contributed by atoms with van der Waals surface area (Å²) in [6.45, 7) is 1.67. The Balaban J connectivity index is 2.14. The lowest BCUT2D eigenvalue weighted by Crippen LogP contribution is -2.42. The second kappa shape index (κ2) is 6.91. The van der Waals surface area contributed by atoms with Gasteiger partial charge in [0.25, 0.3) is 5.91 Å². The highest BCUT2D eigenvalue weighted by Gasteiger charge is 2.23. The molecule has 0 radical (unpaired) electrons. The maximum atomic E-state index is 12.3. The third-order valence-electron chi connectivity index (χ3n) is 3.20. The van der Waals surface area contributed by atoms with Gasteiger partial charge in [0.1, 0.15) is 11.8 Å². The predicted molar refractivity (Wildman–Crippen MR) is 82.4 cm³/mol. The van der Waals surface area contributed by atoms with Crippen LogP contribution in [0.3, 0.4) is 0 Å². The number of nitrogens with zero attached hydrogens (tertiary/aromatic N) is 3. The van der Waals surface area contributed by atoms with E-state index in [4.69, 9.17) is 4.42 Å². The Bertz CT molecular complexity index is 698. The molecule has 0 bridgehead atoms. The Morgan fingerprint density at radius 1 is 1.43 bits per heavy atom. The van der Waals surface area contributed by atoms with Crippen LogP contribution < -0.4 is 10.2 Å². The molecule has 8 nitrogen and oxygen atoms in total. The Morgan fingerprint density at radius 2 is 2.17 bits per heavy atom. The van der Waals surface area contributed by atoms with Gasteiger partial charge < -0.3 is 19.7 Å². The number of carboxylic acid groups (broad SMARTS) is 1. The summed E-state index contributed by atoms with van der Waals surface area (Å²) in [5.41, 5.74) is 0.713. The summed E-state index contributed by atoms with van der Waals surface area (Å²) in [5.74, 6) is -0.719. The average Bonchev–Trinajstić information content (AvgIpc) is 2.99. The van der Waals surface area contributed by atoms with Gasteiger partial charge in [0.2, 0.25) is 5.95 Å². The highest BCUT2D eigenvalue weighted by molar-refractivity contribution is 5.97. The molecule has 0 aliphatic carbocycles. The van der Waals surface area contributed by atoms with Gasteiger partial charge in [-0.3, -0.25) is 4.79 Å². The average molecular weight is 318 g/mol. The van der Waals surface area contributed by atoms with Crippen molar-refractivity contribution < 1.29 is 19.1 Å². The minimum Gasteiger partial charge on any atom is -0.480 e. The lowest BCUT2D eigenvalue weighted by molar-refractivity contribution is -0.139. The highest BCUT2D eigenvalue weighted by Crippen LogP contribution is 2.10. The van der Waals surface area contributed by atoms with Gasteiger partial charge in [-0.1, -0.05) is 0 Å². The van der Waals surface area contributed by atoms with Crippen molar-refractivity contribution in [3.63, 3.8) is 0 Å². The zero-order valence-electron chi connectivity index (χ0n) is 13.1. The number of rotatable bonds is 6. The number of aryl methyl sites for hydroxylation is 1. The quantitative estimate of drug-likeness (QED) is 0.813. The number of hydrogen-bond donors (Lipinski definition) is 2. The zero-order chi connectivity index (χ0) is 17.0. The topological polar surface area (TPSA) is 109 Å². The van der Waals surface area contributed by atoms with Gasteiger partial charge in [-0.25, -0.2) is 14.8 Å². The first-order chi connectivity index (χ1) is 10.9. The molecule has 8 heteroatoms. The summed E-state index contributed by atoms with van der Waals surface area (Å²) >= 11 is 0. The summed E-state index contributed by atoms with van der Waals surface area (Å²) in [4.78, 5) is 33.6. The molecule has 2 N–H and O–H groups in total. The fourth-order valence-corrected chi connectivity index (χ4v) is 1.96. The summed E-state index contributed by atoms with van der Waals surface area (Å²) < 4.78 is 5.12. The van der Waals surface area contributed by atoms with Gasteiger partial charge in [-0.05, 0) is 19.1 Å². The van der Waals surface area contributed by atoms with E-state index in [-0.39, 0.29) is 12.0 Å². The molecule has 1 atom stereocenters. The minimum atomic E-state index is -1.14. The smallest absolute Gasteiger partial charge is 0.326 e. The van der Waals surface area contributed by atoms with E-state index in [1.165, 1.54) is 12.5 Å². The number of aliphatic carboxylic acids is 1. The van der Waals surface area contributed by atoms with Crippen molar-refractivity contribution in [3.05, 3.63) is 41.6 Å². The summed E-state index contributed by atoms with van der Waals surface area (Å²) in [6, 6.07) is 2.22. The van der Waals surface area contributed by atoms with E-state index in [1.807, 2.05) is 0 Å². The van der Waals surface area contributed by atoms with Crippen LogP contribution in [0.1, 0.15) is 21.8 Å². The molecular weight excluding hydrogens is 300 g/mol. The molecule has 2 heterocycles. The van der Waals surface area contributed by atoms with Crippen LogP contribution in [0.15, 0.2) is 29.0 Å². The van der Waals surface area contributed by atoms with Crippen LogP contribution >= 0.6 is 0 Å². The van der Waals surface area contributed by atoms with Crippen LogP contribution in [0, 0.1) is 6.92 Å². The number of carboxylic acids is 1. The molecule has 1 amide bonds. The SMILES string of the molecule is Cc1nc(N(C)C)ncc1C(=O)NC(Cc1ccco1)C(=O)O. The Hall–Kier alpha value is -2.90. The summed E-state index contributed by atoms with van der Waals surface area (Å²) in [7, 11) is 3.58.